The third-order valence-corrected chi connectivity index (χ3v) is 4.14. The quantitative estimate of drug-likeness (QED) is 0.876. The summed E-state index contributed by atoms with van der Waals surface area (Å²) in [5.74, 6) is -1.29. The highest BCUT2D eigenvalue weighted by molar-refractivity contribution is 5.89. The maximum atomic E-state index is 13.2. The molecule has 1 aliphatic heterocycles. The van der Waals surface area contributed by atoms with Crippen LogP contribution in [0.3, 0.4) is 0 Å². The molecule has 2 amide bonds. The zero-order chi connectivity index (χ0) is 18.5. The van der Waals surface area contributed by atoms with Crippen molar-refractivity contribution in [3.8, 4) is 0 Å². The summed E-state index contributed by atoms with van der Waals surface area (Å²) in [4.78, 5) is 23.1. The van der Waals surface area contributed by atoms with E-state index < -0.39 is 17.7 Å². The second kappa shape index (κ2) is 8.07. The Morgan fingerprint density at radius 3 is 2.62 bits per heavy atom. The molecule has 26 heavy (non-hydrogen) atoms. The summed E-state index contributed by atoms with van der Waals surface area (Å²) in [5.41, 5.74) is 1.70. The summed E-state index contributed by atoms with van der Waals surface area (Å²) in [6, 6.07) is 4.47. The lowest BCUT2D eigenvalue weighted by Crippen LogP contribution is -2.32. The second-order valence-corrected chi connectivity index (χ2v) is 6.28. The van der Waals surface area contributed by atoms with E-state index in [0.29, 0.717) is 11.6 Å². The number of anilines is 2. The second-order valence-electron chi connectivity index (χ2n) is 6.28. The highest BCUT2D eigenvalue weighted by Crippen LogP contribution is 2.17. The number of rotatable bonds is 4. The number of urea groups is 1. The van der Waals surface area contributed by atoms with Crippen molar-refractivity contribution in [3.05, 3.63) is 47.3 Å². The molecule has 2 N–H and O–H groups in total. The van der Waals surface area contributed by atoms with Crippen LogP contribution in [0, 0.1) is 18.6 Å². The van der Waals surface area contributed by atoms with Gasteiger partial charge in [0.15, 0.2) is 11.6 Å². The van der Waals surface area contributed by atoms with Crippen LogP contribution in [0.25, 0.3) is 0 Å². The maximum Gasteiger partial charge on any atom is 0.319 e. The largest absolute Gasteiger partial charge is 0.341 e. The molecule has 8 heteroatoms. The molecule has 0 bridgehead atoms. The Morgan fingerprint density at radius 2 is 1.88 bits per heavy atom. The van der Waals surface area contributed by atoms with Crippen LogP contribution >= 0.6 is 0 Å². The fourth-order valence-electron chi connectivity index (χ4n) is 2.86. The number of nitrogens with zero attached hydrogens (tertiary/aromatic N) is 3. The number of aryl methyl sites for hydroxylation is 1. The molecule has 1 fully saturated rings. The molecule has 0 aliphatic carbocycles. The molecule has 2 heterocycles. The maximum absolute atomic E-state index is 13.2. The van der Waals surface area contributed by atoms with Crippen molar-refractivity contribution >= 4 is 17.7 Å². The van der Waals surface area contributed by atoms with Gasteiger partial charge in [-0.3, -0.25) is 0 Å². The Morgan fingerprint density at radius 1 is 1.12 bits per heavy atom. The van der Waals surface area contributed by atoms with Crippen molar-refractivity contribution in [2.75, 3.05) is 23.3 Å². The first-order chi connectivity index (χ1) is 12.5. The first-order valence-corrected chi connectivity index (χ1v) is 8.61. The molecule has 1 aromatic carbocycles. The van der Waals surface area contributed by atoms with Crippen LogP contribution in [0.4, 0.5) is 25.2 Å². The zero-order valence-electron chi connectivity index (χ0n) is 14.6. The van der Waals surface area contributed by atoms with E-state index in [0.717, 1.165) is 43.8 Å². The Balaban J connectivity index is 1.60. The van der Waals surface area contributed by atoms with Gasteiger partial charge in [0.1, 0.15) is 0 Å². The first kappa shape index (κ1) is 18.0. The number of aromatic nitrogens is 2. The molecule has 2 aromatic rings. The lowest BCUT2D eigenvalue weighted by molar-refractivity contribution is 0.251. The van der Waals surface area contributed by atoms with E-state index in [1.807, 2.05) is 13.0 Å². The van der Waals surface area contributed by atoms with Crippen LogP contribution < -0.4 is 15.5 Å². The molecule has 138 valence electrons. The van der Waals surface area contributed by atoms with Crippen LogP contribution in [0.1, 0.15) is 30.7 Å². The molecule has 0 saturated carbocycles. The molecule has 0 radical (unpaired) electrons. The number of piperidine rings is 1. The molecular formula is C18H21F2N5O. The predicted molar refractivity (Wildman–Crippen MR) is 95.0 cm³/mol. The van der Waals surface area contributed by atoms with Gasteiger partial charge >= 0.3 is 6.03 Å². The Kier molecular flexibility index (Phi) is 5.60. The minimum absolute atomic E-state index is 0.175. The molecule has 0 spiro atoms. The molecular weight excluding hydrogens is 340 g/mol. The van der Waals surface area contributed by atoms with Crippen LogP contribution in [-0.2, 0) is 6.54 Å². The molecule has 1 aromatic heterocycles. The van der Waals surface area contributed by atoms with Crippen molar-refractivity contribution in [1.82, 2.24) is 15.3 Å². The molecule has 3 rings (SSSR count). The minimum atomic E-state index is -1.01. The van der Waals surface area contributed by atoms with Gasteiger partial charge in [0.2, 0.25) is 5.95 Å². The summed E-state index contributed by atoms with van der Waals surface area (Å²) in [6.07, 6.45) is 3.48. The molecule has 1 saturated heterocycles. The fourth-order valence-corrected chi connectivity index (χ4v) is 2.86. The van der Waals surface area contributed by atoms with Gasteiger partial charge in [-0.2, -0.15) is 0 Å². The summed E-state index contributed by atoms with van der Waals surface area (Å²) in [6.45, 7) is 3.97. The number of nitrogens with one attached hydrogen (secondary N) is 2. The Labute approximate surface area is 150 Å². The third kappa shape index (κ3) is 4.65. The van der Waals surface area contributed by atoms with E-state index in [4.69, 9.17) is 0 Å². The number of halogens is 2. The molecule has 6 nitrogen and oxygen atoms in total. The van der Waals surface area contributed by atoms with E-state index in [1.54, 1.807) is 0 Å². The van der Waals surface area contributed by atoms with Crippen molar-refractivity contribution in [2.45, 2.75) is 32.7 Å². The van der Waals surface area contributed by atoms with Gasteiger partial charge in [-0.1, -0.05) is 0 Å². The summed E-state index contributed by atoms with van der Waals surface area (Å²) < 4.78 is 26.1. The normalized spacial score (nSPS) is 14.2. The number of hydrogen-bond acceptors (Lipinski definition) is 4. The van der Waals surface area contributed by atoms with Crippen LogP contribution in [0.5, 0.6) is 0 Å². The molecule has 0 unspecified atom stereocenters. The van der Waals surface area contributed by atoms with Gasteiger partial charge in [0.25, 0.3) is 0 Å². The minimum Gasteiger partial charge on any atom is -0.341 e. The summed E-state index contributed by atoms with van der Waals surface area (Å²) in [7, 11) is 0. The van der Waals surface area contributed by atoms with Crippen LogP contribution in [0.15, 0.2) is 24.3 Å². The topological polar surface area (TPSA) is 70.2 Å². The average Bonchev–Trinajstić information content (AvgIpc) is 2.63. The van der Waals surface area contributed by atoms with Crippen molar-refractivity contribution < 1.29 is 13.6 Å². The average molecular weight is 361 g/mol. The van der Waals surface area contributed by atoms with Gasteiger partial charge in [-0.15, -0.1) is 0 Å². The first-order valence-electron chi connectivity index (χ1n) is 8.61. The van der Waals surface area contributed by atoms with E-state index >= 15 is 0 Å². The zero-order valence-corrected chi connectivity index (χ0v) is 14.6. The molecule has 1 aliphatic rings. The van der Waals surface area contributed by atoms with Gasteiger partial charge in [0.05, 0.1) is 12.2 Å². The summed E-state index contributed by atoms with van der Waals surface area (Å²) >= 11 is 0. The predicted octanol–water partition coefficient (Wildman–Crippen LogP) is 3.38. The monoisotopic (exact) mass is 361 g/mol. The van der Waals surface area contributed by atoms with Gasteiger partial charge in [-0.05, 0) is 44.4 Å². The molecule has 0 atom stereocenters. The lowest BCUT2D eigenvalue weighted by Gasteiger charge is -2.27. The lowest BCUT2D eigenvalue weighted by atomic mass is 10.1. The smallest absolute Gasteiger partial charge is 0.319 e. The Hall–Kier alpha value is -2.77. The van der Waals surface area contributed by atoms with Crippen molar-refractivity contribution in [2.24, 2.45) is 0 Å². The number of hydrogen-bond donors (Lipinski definition) is 2. The van der Waals surface area contributed by atoms with E-state index in [2.05, 4.69) is 25.5 Å². The fraction of sp³-hybridized carbons (Fsp3) is 0.389. The number of carbonyl (C=O) groups excluding carboxylic acids is 1. The highest BCUT2D eigenvalue weighted by Gasteiger charge is 2.15. The van der Waals surface area contributed by atoms with Gasteiger partial charge in [-0.25, -0.2) is 23.5 Å². The Bertz CT molecular complexity index is 793. The van der Waals surface area contributed by atoms with Crippen LogP contribution in [0.2, 0.25) is 0 Å². The highest BCUT2D eigenvalue weighted by atomic mass is 19.2. The number of benzene rings is 1. The van der Waals surface area contributed by atoms with Crippen molar-refractivity contribution in [3.63, 3.8) is 0 Å². The van der Waals surface area contributed by atoms with Gasteiger partial charge in [0, 0.05) is 30.5 Å². The number of amides is 2. The van der Waals surface area contributed by atoms with Crippen molar-refractivity contribution in [1.29, 1.82) is 0 Å². The SMILES string of the molecule is Cc1cc(CNC(=O)Nc2ccc(F)c(F)c2)nc(N2CCCCC2)n1. The van der Waals surface area contributed by atoms with Gasteiger partial charge < -0.3 is 15.5 Å². The summed E-state index contributed by atoms with van der Waals surface area (Å²) in [5, 5.41) is 5.13. The van der Waals surface area contributed by atoms with E-state index in [1.165, 1.54) is 12.5 Å². The van der Waals surface area contributed by atoms with E-state index in [9.17, 15) is 13.6 Å². The van der Waals surface area contributed by atoms with E-state index in [-0.39, 0.29) is 12.2 Å². The number of carbonyl (C=O) groups is 1. The standard InChI is InChI=1S/C18H21F2N5O/c1-12-9-14(23-17(22-12)25-7-3-2-4-8-25)11-21-18(26)24-13-5-6-15(19)16(20)10-13/h5-6,9-10H,2-4,7-8,11H2,1H3,(H2,21,24,26). The van der Waals surface area contributed by atoms with Crippen LogP contribution in [-0.4, -0.2) is 29.1 Å². The third-order valence-electron chi connectivity index (χ3n) is 4.14.